The number of carbonyl (C=O) groups is 2. The maximum Gasteiger partial charge on any atom is 0.322 e. The molecule has 1 amide bonds. The van der Waals surface area contributed by atoms with Crippen LogP contribution >= 0.6 is 0 Å². The summed E-state index contributed by atoms with van der Waals surface area (Å²) in [4.78, 5) is 25.0. The molecule has 2 rings (SSSR count). The molecule has 1 fully saturated rings. The SMILES string of the molecule is CCC1CCN(CC(=O)Nc2nnc(C)o2)C(C(=O)O)C1. The summed E-state index contributed by atoms with van der Waals surface area (Å²) in [7, 11) is 0. The van der Waals surface area contributed by atoms with Gasteiger partial charge >= 0.3 is 12.0 Å². The van der Waals surface area contributed by atoms with Crippen molar-refractivity contribution in [1.29, 1.82) is 0 Å². The largest absolute Gasteiger partial charge is 0.480 e. The quantitative estimate of drug-likeness (QED) is 0.830. The average Bonchev–Trinajstić information content (AvgIpc) is 2.84. The number of likely N-dealkylation sites (tertiary alicyclic amines) is 1. The molecule has 1 aliphatic rings. The molecule has 1 saturated heterocycles. The van der Waals surface area contributed by atoms with E-state index in [0.29, 0.717) is 24.8 Å². The Kier molecular flexibility index (Phi) is 4.89. The van der Waals surface area contributed by atoms with Gasteiger partial charge in [-0.05, 0) is 25.3 Å². The topological polar surface area (TPSA) is 109 Å². The van der Waals surface area contributed by atoms with Gasteiger partial charge in [0.05, 0.1) is 6.54 Å². The summed E-state index contributed by atoms with van der Waals surface area (Å²) in [6.45, 7) is 4.29. The summed E-state index contributed by atoms with van der Waals surface area (Å²) in [5, 5.41) is 19.1. The fraction of sp³-hybridized carbons (Fsp3) is 0.692. The van der Waals surface area contributed by atoms with Crippen LogP contribution in [0.25, 0.3) is 0 Å². The predicted octanol–water partition coefficient (Wildman–Crippen LogP) is 0.892. The third kappa shape index (κ3) is 4.01. The zero-order valence-corrected chi connectivity index (χ0v) is 12.2. The van der Waals surface area contributed by atoms with E-state index in [2.05, 4.69) is 22.4 Å². The van der Waals surface area contributed by atoms with Crippen LogP contribution in [-0.2, 0) is 9.59 Å². The molecule has 8 heteroatoms. The Morgan fingerprint density at radius 3 is 2.81 bits per heavy atom. The van der Waals surface area contributed by atoms with Crippen molar-refractivity contribution < 1.29 is 19.1 Å². The lowest BCUT2D eigenvalue weighted by Crippen LogP contribution is -2.49. The number of amides is 1. The molecule has 0 bridgehead atoms. The first-order chi connectivity index (χ1) is 9.99. The number of hydrogen-bond donors (Lipinski definition) is 2. The van der Waals surface area contributed by atoms with Crippen molar-refractivity contribution in [3.8, 4) is 0 Å². The molecular formula is C13H20N4O4. The summed E-state index contributed by atoms with van der Waals surface area (Å²) in [5.74, 6) is -0.462. The highest BCUT2D eigenvalue weighted by atomic mass is 16.4. The zero-order chi connectivity index (χ0) is 15.4. The van der Waals surface area contributed by atoms with Gasteiger partial charge in [0.1, 0.15) is 6.04 Å². The molecule has 0 radical (unpaired) electrons. The van der Waals surface area contributed by atoms with Crippen LogP contribution in [-0.4, -0.2) is 51.2 Å². The Labute approximate surface area is 122 Å². The van der Waals surface area contributed by atoms with Crippen molar-refractivity contribution >= 4 is 17.9 Å². The maximum absolute atomic E-state index is 11.9. The average molecular weight is 296 g/mol. The number of aryl methyl sites for hydroxylation is 1. The Morgan fingerprint density at radius 1 is 1.48 bits per heavy atom. The first kappa shape index (κ1) is 15.4. The standard InChI is InChI=1S/C13H20N4O4/c1-3-9-4-5-17(10(6-9)12(19)20)7-11(18)14-13-16-15-8(2)21-13/h9-10H,3-7H2,1-2H3,(H,19,20)(H,14,16,18). The number of aromatic nitrogens is 2. The van der Waals surface area contributed by atoms with Crippen LogP contribution in [0.4, 0.5) is 6.01 Å². The van der Waals surface area contributed by atoms with E-state index in [-0.39, 0.29) is 18.5 Å². The number of nitrogens with one attached hydrogen (secondary N) is 1. The van der Waals surface area contributed by atoms with Crippen molar-refractivity contribution in [2.24, 2.45) is 5.92 Å². The molecule has 8 nitrogen and oxygen atoms in total. The predicted molar refractivity (Wildman–Crippen MR) is 73.7 cm³/mol. The van der Waals surface area contributed by atoms with E-state index in [4.69, 9.17) is 4.42 Å². The van der Waals surface area contributed by atoms with Crippen LogP contribution in [0.15, 0.2) is 4.42 Å². The molecular weight excluding hydrogens is 276 g/mol. The smallest absolute Gasteiger partial charge is 0.322 e. The molecule has 2 heterocycles. The van der Waals surface area contributed by atoms with Gasteiger partial charge < -0.3 is 9.52 Å². The van der Waals surface area contributed by atoms with E-state index < -0.39 is 12.0 Å². The molecule has 2 N–H and O–H groups in total. The number of anilines is 1. The number of piperidine rings is 1. The van der Waals surface area contributed by atoms with Gasteiger partial charge in [-0.1, -0.05) is 18.4 Å². The van der Waals surface area contributed by atoms with Crippen LogP contribution in [0, 0.1) is 12.8 Å². The van der Waals surface area contributed by atoms with E-state index >= 15 is 0 Å². The molecule has 1 aromatic rings. The highest BCUT2D eigenvalue weighted by Gasteiger charge is 2.33. The molecule has 0 saturated carbocycles. The number of nitrogens with zero attached hydrogens (tertiary/aromatic N) is 3. The van der Waals surface area contributed by atoms with E-state index in [1.54, 1.807) is 11.8 Å². The van der Waals surface area contributed by atoms with Crippen LogP contribution in [0.3, 0.4) is 0 Å². The fourth-order valence-electron chi connectivity index (χ4n) is 2.59. The lowest BCUT2D eigenvalue weighted by molar-refractivity contribution is -0.145. The minimum Gasteiger partial charge on any atom is -0.480 e. The molecule has 1 aliphatic heterocycles. The third-order valence-electron chi connectivity index (χ3n) is 3.80. The number of aliphatic carboxylic acids is 1. The maximum atomic E-state index is 11.9. The Hall–Kier alpha value is -1.96. The zero-order valence-electron chi connectivity index (χ0n) is 12.2. The van der Waals surface area contributed by atoms with Crippen LogP contribution in [0.5, 0.6) is 0 Å². The van der Waals surface area contributed by atoms with Crippen LogP contribution in [0.1, 0.15) is 32.1 Å². The summed E-state index contributed by atoms with van der Waals surface area (Å²) < 4.78 is 5.06. The molecule has 0 spiro atoms. The Balaban J connectivity index is 1.93. The van der Waals surface area contributed by atoms with E-state index in [1.807, 2.05) is 0 Å². The molecule has 1 aromatic heterocycles. The third-order valence-corrected chi connectivity index (χ3v) is 3.80. The summed E-state index contributed by atoms with van der Waals surface area (Å²) in [5.41, 5.74) is 0. The van der Waals surface area contributed by atoms with E-state index in [1.165, 1.54) is 0 Å². The van der Waals surface area contributed by atoms with Crippen molar-refractivity contribution in [3.05, 3.63) is 5.89 Å². The highest BCUT2D eigenvalue weighted by Crippen LogP contribution is 2.25. The lowest BCUT2D eigenvalue weighted by Gasteiger charge is -2.36. The summed E-state index contributed by atoms with van der Waals surface area (Å²) >= 11 is 0. The van der Waals surface area contributed by atoms with Gasteiger partial charge in [-0.25, -0.2) is 0 Å². The Bertz CT molecular complexity index is 516. The molecule has 0 aliphatic carbocycles. The number of carboxylic acids is 1. The monoisotopic (exact) mass is 296 g/mol. The van der Waals surface area contributed by atoms with Gasteiger partial charge in [0, 0.05) is 6.92 Å². The first-order valence-corrected chi connectivity index (χ1v) is 7.06. The van der Waals surface area contributed by atoms with Crippen molar-refractivity contribution in [2.75, 3.05) is 18.4 Å². The van der Waals surface area contributed by atoms with Gasteiger partial charge in [0.2, 0.25) is 11.8 Å². The van der Waals surface area contributed by atoms with Crippen molar-refractivity contribution in [2.45, 2.75) is 39.2 Å². The number of hydrogen-bond acceptors (Lipinski definition) is 6. The van der Waals surface area contributed by atoms with E-state index in [9.17, 15) is 14.7 Å². The van der Waals surface area contributed by atoms with Gasteiger partial charge in [-0.15, -0.1) is 5.10 Å². The first-order valence-electron chi connectivity index (χ1n) is 7.06. The lowest BCUT2D eigenvalue weighted by atomic mass is 9.89. The van der Waals surface area contributed by atoms with Crippen LogP contribution in [0.2, 0.25) is 0 Å². The molecule has 2 atom stereocenters. The van der Waals surface area contributed by atoms with E-state index in [0.717, 1.165) is 12.8 Å². The summed E-state index contributed by atoms with van der Waals surface area (Å²) in [6.07, 6.45) is 2.46. The minimum atomic E-state index is -0.880. The molecule has 2 unspecified atom stereocenters. The highest BCUT2D eigenvalue weighted by molar-refractivity contribution is 5.90. The Morgan fingerprint density at radius 2 is 2.24 bits per heavy atom. The normalized spacial score (nSPS) is 23.0. The second-order valence-electron chi connectivity index (χ2n) is 5.30. The van der Waals surface area contributed by atoms with Crippen LogP contribution < -0.4 is 5.32 Å². The van der Waals surface area contributed by atoms with Gasteiger partial charge in [0.25, 0.3) is 0 Å². The van der Waals surface area contributed by atoms with Gasteiger partial charge in [-0.3, -0.25) is 19.8 Å². The molecule has 21 heavy (non-hydrogen) atoms. The second kappa shape index (κ2) is 6.66. The van der Waals surface area contributed by atoms with Gasteiger partial charge in [-0.2, -0.15) is 0 Å². The molecule has 0 aromatic carbocycles. The minimum absolute atomic E-state index is 0.00876. The summed E-state index contributed by atoms with van der Waals surface area (Å²) in [6, 6.07) is -0.577. The number of carbonyl (C=O) groups excluding carboxylic acids is 1. The van der Waals surface area contributed by atoms with Gasteiger partial charge in [0.15, 0.2) is 0 Å². The number of carboxylic acid groups (broad SMARTS) is 1. The second-order valence-corrected chi connectivity index (χ2v) is 5.30. The van der Waals surface area contributed by atoms with Crippen molar-refractivity contribution in [3.63, 3.8) is 0 Å². The number of rotatable bonds is 5. The van der Waals surface area contributed by atoms with Crippen molar-refractivity contribution in [1.82, 2.24) is 15.1 Å². The fourth-order valence-corrected chi connectivity index (χ4v) is 2.59. The molecule has 116 valence electrons.